The highest BCUT2D eigenvalue weighted by molar-refractivity contribution is 6.00. The first-order chi connectivity index (χ1) is 13.2. The molecule has 2 aliphatic carbocycles. The van der Waals surface area contributed by atoms with E-state index in [0.29, 0.717) is 36.8 Å². The Bertz CT molecular complexity index is 856. The first-order valence-corrected chi connectivity index (χ1v) is 10.2. The summed E-state index contributed by atoms with van der Waals surface area (Å²) in [6.07, 6.45) is 5.71. The largest absolute Gasteiger partial charge is 0.360 e. The molecule has 2 heterocycles. The fourth-order valence-corrected chi connectivity index (χ4v) is 4.57. The summed E-state index contributed by atoms with van der Waals surface area (Å²) in [5.74, 6) is 1.74. The van der Waals surface area contributed by atoms with Crippen LogP contribution in [0.2, 0.25) is 0 Å². The van der Waals surface area contributed by atoms with Crippen LogP contribution in [0.25, 0.3) is 0 Å². The maximum absolute atomic E-state index is 12.5. The molecule has 150 valence electrons. The summed E-state index contributed by atoms with van der Waals surface area (Å²) < 4.78 is 10.9. The van der Waals surface area contributed by atoms with Crippen LogP contribution in [0.5, 0.6) is 0 Å². The van der Waals surface area contributed by atoms with Crippen molar-refractivity contribution >= 4 is 11.6 Å². The van der Waals surface area contributed by atoms with Crippen molar-refractivity contribution in [3.63, 3.8) is 0 Å². The van der Waals surface area contributed by atoms with Gasteiger partial charge in [0.1, 0.15) is 11.5 Å². The summed E-state index contributed by atoms with van der Waals surface area (Å²) in [5.41, 5.74) is 2.83. The molecular weight excluding hydrogens is 356 g/mol. The first-order valence-electron chi connectivity index (χ1n) is 10.2. The van der Waals surface area contributed by atoms with E-state index in [-0.39, 0.29) is 22.4 Å². The third kappa shape index (κ3) is 3.56. The number of aryl methyl sites for hydroxylation is 2. The lowest BCUT2D eigenvalue weighted by Crippen LogP contribution is -2.26. The highest BCUT2D eigenvalue weighted by atomic mass is 16.5. The van der Waals surface area contributed by atoms with E-state index in [4.69, 9.17) is 9.05 Å². The highest BCUT2D eigenvalue weighted by Gasteiger charge is 2.37. The predicted octanol–water partition coefficient (Wildman–Crippen LogP) is 4.54. The second-order valence-corrected chi connectivity index (χ2v) is 9.94. The minimum atomic E-state index is -0.0615. The number of carbonyl (C=O) groups excluding carboxylic acids is 2. The molecule has 0 atom stereocenters. The van der Waals surface area contributed by atoms with E-state index in [1.165, 1.54) is 0 Å². The van der Waals surface area contributed by atoms with Crippen LogP contribution in [0.15, 0.2) is 9.05 Å². The third-order valence-corrected chi connectivity index (χ3v) is 5.86. The molecule has 2 aliphatic rings. The number of nitrogens with zero attached hydrogens (tertiary/aromatic N) is 2. The number of unbranched alkanes of at least 4 members (excludes halogenated alkanes) is 1. The number of aromatic nitrogens is 2. The fourth-order valence-electron chi connectivity index (χ4n) is 4.57. The summed E-state index contributed by atoms with van der Waals surface area (Å²) in [6, 6.07) is 0. The number of Topliss-reactive ketones (excluding diaryl/α,β-unsaturated/α-hetero) is 2. The molecule has 0 aliphatic heterocycles. The Kier molecular flexibility index (Phi) is 4.55. The Labute approximate surface area is 165 Å². The van der Waals surface area contributed by atoms with Gasteiger partial charge in [0, 0.05) is 25.7 Å². The van der Waals surface area contributed by atoms with Crippen LogP contribution in [0.4, 0.5) is 0 Å². The van der Waals surface area contributed by atoms with Crippen LogP contribution >= 0.6 is 0 Å². The molecule has 0 N–H and O–H groups in total. The average Bonchev–Trinajstić information content (AvgIpc) is 3.13. The minimum absolute atomic E-state index is 0.0615. The van der Waals surface area contributed by atoms with Gasteiger partial charge in [-0.15, -0.1) is 0 Å². The maximum Gasteiger partial charge on any atom is 0.168 e. The van der Waals surface area contributed by atoms with E-state index < -0.39 is 0 Å². The van der Waals surface area contributed by atoms with Crippen LogP contribution in [0, 0.1) is 10.8 Å². The van der Waals surface area contributed by atoms with Crippen LogP contribution in [0.1, 0.15) is 97.0 Å². The fraction of sp³-hybridized carbons (Fsp3) is 0.636. The van der Waals surface area contributed by atoms with E-state index in [1.807, 2.05) is 0 Å². The van der Waals surface area contributed by atoms with E-state index in [2.05, 4.69) is 38.0 Å². The topological polar surface area (TPSA) is 86.2 Å². The van der Waals surface area contributed by atoms with Gasteiger partial charge < -0.3 is 9.05 Å². The monoisotopic (exact) mass is 384 g/mol. The maximum atomic E-state index is 12.5. The molecule has 0 saturated carbocycles. The van der Waals surface area contributed by atoms with Gasteiger partial charge in [0.25, 0.3) is 0 Å². The Hall–Kier alpha value is -2.24. The van der Waals surface area contributed by atoms with Crippen LogP contribution in [-0.2, 0) is 25.7 Å². The molecule has 4 rings (SSSR count). The van der Waals surface area contributed by atoms with Gasteiger partial charge in [-0.25, -0.2) is 0 Å². The smallest absolute Gasteiger partial charge is 0.168 e. The zero-order valence-electron chi connectivity index (χ0n) is 17.2. The molecule has 0 unspecified atom stereocenters. The summed E-state index contributed by atoms with van der Waals surface area (Å²) >= 11 is 0. The molecule has 6 nitrogen and oxygen atoms in total. The van der Waals surface area contributed by atoms with Crippen molar-refractivity contribution in [3.8, 4) is 0 Å². The SMILES string of the molecule is CC1(C)CC(=O)c2c(CCCCc3noc4c3C(=O)CC(C)(C)C4)noc2C1. The number of carbonyl (C=O) groups is 2. The summed E-state index contributed by atoms with van der Waals surface area (Å²) in [4.78, 5) is 25.0. The van der Waals surface area contributed by atoms with Crippen molar-refractivity contribution in [1.29, 1.82) is 0 Å². The van der Waals surface area contributed by atoms with Crippen molar-refractivity contribution in [2.45, 2.75) is 79.1 Å². The van der Waals surface area contributed by atoms with Gasteiger partial charge in [-0.3, -0.25) is 9.59 Å². The predicted molar refractivity (Wildman–Crippen MR) is 103 cm³/mol. The summed E-state index contributed by atoms with van der Waals surface area (Å²) in [7, 11) is 0. The lowest BCUT2D eigenvalue weighted by atomic mass is 9.75. The van der Waals surface area contributed by atoms with E-state index in [1.54, 1.807) is 0 Å². The Morgan fingerprint density at radius 2 is 1.11 bits per heavy atom. The molecule has 0 spiro atoms. The number of rotatable bonds is 5. The molecule has 2 aromatic rings. The number of hydrogen-bond acceptors (Lipinski definition) is 6. The summed E-state index contributed by atoms with van der Waals surface area (Å²) in [6.45, 7) is 8.32. The molecule has 0 radical (unpaired) electrons. The quantitative estimate of drug-likeness (QED) is 0.704. The van der Waals surface area contributed by atoms with Gasteiger partial charge in [-0.05, 0) is 36.5 Å². The van der Waals surface area contributed by atoms with Gasteiger partial charge >= 0.3 is 0 Å². The molecule has 0 saturated heterocycles. The molecule has 6 heteroatoms. The van der Waals surface area contributed by atoms with Crippen molar-refractivity contribution < 1.29 is 18.6 Å². The van der Waals surface area contributed by atoms with Gasteiger partial charge in [0.05, 0.1) is 22.5 Å². The second kappa shape index (κ2) is 6.68. The molecule has 0 fully saturated rings. The van der Waals surface area contributed by atoms with Gasteiger partial charge in [0.15, 0.2) is 11.6 Å². The molecular formula is C22H28N2O4. The van der Waals surface area contributed by atoms with Gasteiger partial charge in [-0.2, -0.15) is 0 Å². The number of hydrogen-bond donors (Lipinski definition) is 0. The normalized spacial score (nSPS) is 20.1. The molecule has 2 aromatic heterocycles. The lowest BCUT2D eigenvalue weighted by molar-refractivity contribution is 0.0891. The van der Waals surface area contributed by atoms with Gasteiger partial charge in [0.2, 0.25) is 0 Å². The number of ketones is 2. The first kappa shape index (κ1) is 19.1. The second-order valence-electron chi connectivity index (χ2n) is 9.94. The van der Waals surface area contributed by atoms with Crippen molar-refractivity contribution in [2.24, 2.45) is 10.8 Å². The van der Waals surface area contributed by atoms with Crippen molar-refractivity contribution in [1.82, 2.24) is 10.3 Å². The van der Waals surface area contributed by atoms with Crippen molar-refractivity contribution in [3.05, 3.63) is 34.0 Å². The third-order valence-electron chi connectivity index (χ3n) is 5.86. The molecule has 0 bridgehead atoms. The standard InChI is InChI=1S/C22H28N2O4/c1-21(2)9-15(25)19-13(23-27-17(19)11-21)7-5-6-8-14-20-16(26)10-22(3,4)12-18(20)28-24-14/h5-12H2,1-4H3. The van der Waals surface area contributed by atoms with E-state index in [9.17, 15) is 9.59 Å². The zero-order chi connectivity index (χ0) is 20.1. The molecule has 28 heavy (non-hydrogen) atoms. The van der Waals surface area contributed by atoms with Crippen LogP contribution in [-0.4, -0.2) is 21.9 Å². The van der Waals surface area contributed by atoms with E-state index >= 15 is 0 Å². The molecule has 0 aromatic carbocycles. The Morgan fingerprint density at radius 3 is 1.50 bits per heavy atom. The molecule has 0 amide bonds. The average molecular weight is 384 g/mol. The Balaban J connectivity index is 1.37. The Morgan fingerprint density at radius 1 is 0.714 bits per heavy atom. The highest BCUT2D eigenvalue weighted by Crippen LogP contribution is 2.37. The van der Waals surface area contributed by atoms with Crippen LogP contribution in [0.3, 0.4) is 0 Å². The number of fused-ring (bicyclic) bond motifs is 2. The van der Waals surface area contributed by atoms with Crippen LogP contribution < -0.4 is 0 Å². The van der Waals surface area contributed by atoms with E-state index in [0.717, 1.165) is 48.6 Å². The van der Waals surface area contributed by atoms with Gasteiger partial charge in [-0.1, -0.05) is 38.0 Å². The minimum Gasteiger partial charge on any atom is -0.360 e. The van der Waals surface area contributed by atoms with Crippen molar-refractivity contribution in [2.75, 3.05) is 0 Å². The lowest BCUT2D eigenvalue weighted by Gasteiger charge is -2.26. The summed E-state index contributed by atoms with van der Waals surface area (Å²) in [5, 5.41) is 8.32. The zero-order valence-corrected chi connectivity index (χ0v) is 17.2.